The molecule has 0 spiro atoms. The van der Waals surface area contributed by atoms with Gasteiger partial charge in [0.1, 0.15) is 5.82 Å². The molecule has 2 rings (SSSR count). The Morgan fingerprint density at radius 1 is 1.62 bits per heavy atom. The summed E-state index contributed by atoms with van der Waals surface area (Å²) in [5.74, 6) is 1.03. The lowest BCUT2D eigenvalue weighted by molar-refractivity contribution is 0.755. The van der Waals surface area contributed by atoms with Gasteiger partial charge in [0, 0.05) is 10.7 Å². The van der Waals surface area contributed by atoms with E-state index in [1.54, 1.807) is 0 Å². The van der Waals surface area contributed by atoms with Gasteiger partial charge in [0.25, 0.3) is 0 Å². The lowest BCUT2D eigenvalue weighted by Gasteiger charge is -2.00. The molecular weight excluding hydrogens is 230 g/mol. The highest BCUT2D eigenvalue weighted by Gasteiger charge is 2.03. The third-order valence-electron chi connectivity index (χ3n) is 1.93. The quantitative estimate of drug-likeness (QED) is 0.867. The molecule has 0 fully saturated rings. The molecule has 0 aliphatic carbocycles. The average Bonchev–Trinajstić information content (AvgIpc) is 2.51. The van der Waals surface area contributed by atoms with E-state index in [1.165, 1.54) is 0 Å². The van der Waals surface area contributed by atoms with Gasteiger partial charge < -0.3 is 9.72 Å². The summed E-state index contributed by atoms with van der Waals surface area (Å²) in [6.45, 7) is 0.782. The van der Waals surface area contributed by atoms with Crippen molar-refractivity contribution in [3.05, 3.63) is 34.8 Å². The summed E-state index contributed by atoms with van der Waals surface area (Å²) in [5, 5.41) is 3.08. The minimum atomic E-state index is 0.782. The van der Waals surface area contributed by atoms with E-state index in [0.717, 1.165) is 22.4 Å². The van der Waals surface area contributed by atoms with Crippen LogP contribution in [-0.2, 0) is 6.54 Å². The summed E-state index contributed by atoms with van der Waals surface area (Å²) in [6, 6.07) is 4.01. The first-order valence-electron chi connectivity index (χ1n) is 4.08. The number of aromatic nitrogens is 2. The van der Waals surface area contributed by atoms with Crippen molar-refractivity contribution in [1.29, 1.82) is 0 Å². The zero-order valence-corrected chi connectivity index (χ0v) is 8.87. The Labute approximate surface area is 84.9 Å². The molecule has 0 aromatic carbocycles. The second-order valence-electron chi connectivity index (χ2n) is 2.82. The van der Waals surface area contributed by atoms with Gasteiger partial charge in [-0.2, -0.15) is 0 Å². The van der Waals surface area contributed by atoms with Gasteiger partial charge in [0.2, 0.25) is 0 Å². The van der Waals surface area contributed by atoms with Crippen molar-refractivity contribution in [3.63, 3.8) is 0 Å². The summed E-state index contributed by atoms with van der Waals surface area (Å²) in [4.78, 5) is 4.32. The lowest BCUT2D eigenvalue weighted by atomic mass is 10.4. The number of rotatable bonds is 2. The van der Waals surface area contributed by atoms with Crippen LogP contribution in [0.4, 0.5) is 0 Å². The zero-order chi connectivity index (χ0) is 9.26. The lowest BCUT2D eigenvalue weighted by Crippen LogP contribution is -2.08. The fourth-order valence-corrected chi connectivity index (χ4v) is 1.78. The molecule has 0 bridgehead atoms. The van der Waals surface area contributed by atoms with E-state index in [9.17, 15) is 0 Å². The molecule has 13 heavy (non-hydrogen) atoms. The molecule has 2 aromatic heterocycles. The first-order valence-corrected chi connectivity index (χ1v) is 4.87. The van der Waals surface area contributed by atoms with Gasteiger partial charge in [0.15, 0.2) is 0 Å². The van der Waals surface area contributed by atoms with Crippen LogP contribution in [0.15, 0.2) is 29.0 Å². The Kier molecular flexibility index (Phi) is 2.33. The maximum atomic E-state index is 4.32. The molecule has 1 N–H and O–H groups in total. The van der Waals surface area contributed by atoms with E-state index in [2.05, 4.69) is 30.6 Å². The molecule has 4 heteroatoms. The van der Waals surface area contributed by atoms with Crippen molar-refractivity contribution in [3.8, 4) is 0 Å². The summed E-state index contributed by atoms with van der Waals surface area (Å²) in [6.07, 6.45) is 3.89. The highest BCUT2D eigenvalue weighted by Crippen LogP contribution is 2.18. The predicted octanol–water partition coefficient (Wildman–Crippen LogP) is 1.82. The van der Waals surface area contributed by atoms with Crippen LogP contribution in [0.3, 0.4) is 0 Å². The van der Waals surface area contributed by atoms with Crippen molar-refractivity contribution in [2.75, 3.05) is 7.05 Å². The maximum absolute atomic E-state index is 4.32. The van der Waals surface area contributed by atoms with Crippen molar-refractivity contribution < 1.29 is 0 Å². The molecule has 2 heterocycles. The van der Waals surface area contributed by atoms with E-state index in [1.807, 2.05) is 31.6 Å². The van der Waals surface area contributed by atoms with Crippen molar-refractivity contribution in [1.82, 2.24) is 14.7 Å². The number of pyridine rings is 1. The average molecular weight is 240 g/mol. The van der Waals surface area contributed by atoms with Crippen molar-refractivity contribution >= 4 is 21.4 Å². The van der Waals surface area contributed by atoms with E-state index in [4.69, 9.17) is 0 Å². The zero-order valence-electron chi connectivity index (χ0n) is 7.29. The highest BCUT2D eigenvalue weighted by atomic mass is 79.9. The molecular formula is C9H10BrN3. The van der Waals surface area contributed by atoms with Crippen LogP contribution in [0.1, 0.15) is 5.82 Å². The molecule has 0 saturated heterocycles. The Hall–Kier alpha value is -0.870. The van der Waals surface area contributed by atoms with Gasteiger partial charge in [-0.05, 0) is 35.1 Å². The van der Waals surface area contributed by atoms with E-state index in [0.29, 0.717) is 0 Å². The number of imidazole rings is 1. The third kappa shape index (κ3) is 1.47. The topological polar surface area (TPSA) is 29.3 Å². The maximum Gasteiger partial charge on any atom is 0.127 e. The van der Waals surface area contributed by atoms with Crippen LogP contribution in [0.2, 0.25) is 0 Å². The molecule has 0 atom stereocenters. The number of nitrogens with zero attached hydrogens (tertiary/aromatic N) is 2. The number of hydrogen-bond acceptors (Lipinski definition) is 2. The summed E-state index contributed by atoms with van der Waals surface area (Å²) in [5.41, 5.74) is 1.10. The van der Waals surface area contributed by atoms with Crippen LogP contribution in [0, 0.1) is 0 Å². The standard InChI is InChI=1S/C9H10BrN3/c1-11-6-9-12-5-8-7(10)3-2-4-13(8)9/h2-5,11H,6H2,1H3. The minimum Gasteiger partial charge on any atom is -0.313 e. The Morgan fingerprint density at radius 2 is 2.46 bits per heavy atom. The normalized spacial score (nSPS) is 10.9. The van der Waals surface area contributed by atoms with Crippen LogP contribution in [0.5, 0.6) is 0 Å². The minimum absolute atomic E-state index is 0.782. The number of nitrogens with one attached hydrogen (secondary N) is 1. The first kappa shape index (κ1) is 8.72. The van der Waals surface area contributed by atoms with Gasteiger partial charge in [-0.15, -0.1) is 0 Å². The van der Waals surface area contributed by atoms with Gasteiger partial charge in [0.05, 0.1) is 18.3 Å². The van der Waals surface area contributed by atoms with Crippen LogP contribution >= 0.6 is 15.9 Å². The molecule has 68 valence electrons. The van der Waals surface area contributed by atoms with Crippen LogP contribution in [-0.4, -0.2) is 16.4 Å². The van der Waals surface area contributed by atoms with Gasteiger partial charge in [-0.3, -0.25) is 0 Å². The summed E-state index contributed by atoms with van der Waals surface area (Å²) in [7, 11) is 1.92. The first-order chi connectivity index (χ1) is 6.33. The fraction of sp³-hybridized carbons (Fsp3) is 0.222. The summed E-state index contributed by atoms with van der Waals surface area (Å²) >= 11 is 3.48. The largest absolute Gasteiger partial charge is 0.313 e. The molecule has 3 nitrogen and oxygen atoms in total. The van der Waals surface area contributed by atoms with Gasteiger partial charge in [-0.25, -0.2) is 4.98 Å². The molecule has 0 saturated carbocycles. The summed E-state index contributed by atoms with van der Waals surface area (Å²) < 4.78 is 3.14. The van der Waals surface area contributed by atoms with Crippen molar-refractivity contribution in [2.45, 2.75) is 6.54 Å². The number of halogens is 1. The second-order valence-corrected chi connectivity index (χ2v) is 3.67. The highest BCUT2D eigenvalue weighted by molar-refractivity contribution is 9.10. The number of hydrogen-bond donors (Lipinski definition) is 1. The fourth-order valence-electron chi connectivity index (χ4n) is 1.33. The molecule has 0 radical (unpaired) electrons. The van der Waals surface area contributed by atoms with Crippen molar-refractivity contribution in [2.24, 2.45) is 0 Å². The molecule has 0 aliphatic rings. The molecule has 0 amide bonds. The Morgan fingerprint density at radius 3 is 3.23 bits per heavy atom. The molecule has 0 aliphatic heterocycles. The smallest absolute Gasteiger partial charge is 0.127 e. The number of fused-ring (bicyclic) bond motifs is 1. The van der Waals surface area contributed by atoms with Crippen LogP contribution < -0.4 is 5.32 Å². The van der Waals surface area contributed by atoms with Gasteiger partial charge in [-0.1, -0.05) is 0 Å². The van der Waals surface area contributed by atoms with E-state index in [-0.39, 0.29) is 0 Å². The van der Waals surface area contributed by atoms with Crippen LogP contribution in [0.25, 0.3) is 5.52 Å². The third-order valence-corrected chi connectivity index (χ3v) is 2.60. The molecule has 2 aromatic rings. The SMILES string of the molecule is CNCc1ncc2c(Br)cccn12. The second kappa shape index (κ2) is 3.47. The predicted molar refractivity (Wildman–Crippen MR) is 55.7 cm³/mol. The van der Waals surface area contributed by atoms with Gasteiger partial charge >= 0.3 is 0 Å². The Balaban J connectivity index is 2.61. The van der Waals surface area contributed by atoms with E-state index < -0.39 is 0 Å². The monoisotopic (exact) mass is 239 g/mol. The molecule has 0 unspecified atom stereocenters. The Bertz CT molecular complexity index is 422. The van der Waals surface area contributed by atoms with E-state index >= 15 is 0 Å².